The van der Waals surface area contributed by atoms with Crippen LogP contribution in [0.2, 0.25) is 0 Å². The minimum absolute atomic E-state index is 0.0253. The highest BCUT2D eigenvalue weighted by molar-refractivity contribution is 8.09. The van der Waals surface area contributed by atoms with Crippen molar-refractivity contribution in [1.29, 1.82) is 0 Å². The SMILES string of the molecule is CC(C)(Cc1cccc(CC(=O)NCc2cccc(-c3ccc(O)cc3)c2)c1)NC[C@H](O)c1ccc(OCc2ccccc2)c(N(S(C)(=O)=O)S(C)(=O)=O)c1. The standard InChI is InChI=1S/C42H47N3O8S2/c1-42(2,26-32-13-8-12-31(22-32)24-41(48)43-27-33-14-9-15-35(23-33)34-16-19-37(46)20-17-34)44-28-39(47)36-18-21-40(53-29-30-10-6-5-7-11-30)38(25-36)45(54(3,49)50)55(4,51)52/h5-23,25,39,44,46-47H,24,26-29H2,1-4H3,(H,43,48)/t39-/m0/s1. The van der Waals surface area contributed by atoms with Gasteiger partial charge in [-0.15, -0.1) is 0 Å². The Morgan fingerprint density at radius 3 is 2.07 bits per heavy atom. The van der Waals surface area contributed by atoms with Crippen LogP contribution in [0.15, 0.2) is 121 Å². The number of carbonyl (C=O) groups excluding carboxylic acids is 1. The van der Waals surface area contributed by atoms with Crippen LogP contribution in [0, 0.1) is 0 Å². The molecule has 0 aliphatic rings. The first kappa shape index (κ1) is 41.0. The predicted octanol–water partition coefficient (Wildman–Crippen LogP) is 5.87. The molecule has 0 aliphatic carbocycles. The van der Waals surface area contributed by atoms with Gasteiger partial charge in [-0.25, -0.2) is 16.8 Å². The summed E-state index contributed by atoms with van der Waals surface area (Å²) in [5.74, 6) is 0.110. The quantitative estimate of drug-likeness (QED) is 0.0904. The lowest BCUT2D eigenvalue weighted by atomic mass is 9.93. The van der Waals surface area contributed by atoms with Gasteiger partial charge in [-0.1, -0.05) is 91.0 Å². The second-order valence-electron chi connectivity index (χ2n) is 14.2. The van der Waals surface area contributed by atoms with Crippen molar-refractivity contribution in [3.8, 4) is 22.6 Å². The van der Waals surface area contributed by atoms with E-state index in [1.54, 1.807) is 18.2 Å². The first-order valence-electron chi connectivity index (χ1n) is 17.6. The van der Waals surface area contributed by atoms with Crippen LogP contribution in [0.5, 0.6) is 11.5 Å². The fourth-order valence-corrected chi connectivity index (χ4v) is 9.19. The highest BCUT2D eigenvalue weighted by Crippen LogP contribution is 2.35. The Balaban J connectivity index is 1.21. The monoisotopic (exact) mass is 785 g/mol. The maximum absolute atomic E-state index is 12.9. The molecule has 4 N–H and O–H groups in total. The summed E-state index contributed by atoms with van der Waals surface area (Å²) in [6.07, 6.45) is 1.23. The predicted molar refractivity (Wildman–Crippen MR) is 216 cm³/mol. The second-order valence-corrected chi connectivity index (χ2v) is 18.1. The molecule has 11 nitrogen and oxygen atoms in total. The topological polar surface area (TPSA) is 162 Å². The van der Waals surface area contributed by atoms with Crippen molar-refractivity contribution in [2.45, 2.75) is 51.5 Å². The van der Waals surface area contributed by atoms with Gasteiger partial charge in [-0.2, -0.15) is 3.71 Å². The molecule has 5 aromatic carbocycles. The number of aromatic hydroxyl groups is 1. The molecule has 13 heteroatoms. The van der Waals surface area contributed by atoms with Crippen LogP contribution >= 0.6 is 0 Å². The summed E-state index contributed by atoms with van der Waals surface area (Å²) in [6.45, 7) is 4.47. The summed E-state index contributed by atoms with van der Waals surface area (Å²) in [5.41, 5.74) is 5.10. The third-order valence-corrected chi connectivity index (χ3v) is 12.0. The number of amides is 1. The van der Waals surface area contributed by atoms with Gasteiger partial charge in [0.05, 0.1) is 25.0 Å². The van der Waals surface area contributed by atoms with Gasteiger partial charge >= 0.3 is 0 Å². The average molecular weight is 786 g/mol. The zero-order chi connectivity index (χ0) is 39.8. The highest BCUT2D eigenvalue weighted by Gasteiger charge is 2.31. The van der Waals surface area contributed by atoms with Gasteiger partial charge in [0.2, 0.25) is 26.0 Å². The number of hydrogen-bond acceptors (Lipinski definition) is 9. The van der Waals surface area contributed by atoms with Crippen LogP contribution in [0.1, 0.15) is 47.8 Å². The van der Waals surface area contributed by atoms with Crippen molar-refractivity contribution in [1.82, 2.24) is 10.6 Å². The largest absolute Gasteiger partial charge is 0.508 e. The number of benzene rings is 5. The first-order chi connectivity index (χ1) is 26.0. The molecule has 0 bridgehead atoms. The van der Waals surface area contributed by atoms with Crippen molar-refractivity contribution in [2.75, 3.05) is 22.8 Å². The van der Waals surface area contributed by atoms with Crippen LogP contribution in [0.3, 0.4) is 0 Å². The third-order valence-electron chi connectivity index (χ3n) is 8.80. The van der Waals surface area contributed by atoms with Gasteiger partial charge in [0.1, 0.15) is 23.8 Å². The summed E-state index contributed by atoms with van der Waals surface area (Å²) in [4.78, 5) is 12.9. The molecule has 0 aromatic heterocycles. The lowest BCUT2D eigenvalue weighted by Gasteiger charge is -2.29. The lowest BCUT2D eigenvalue weighted by Crippen LogP contribution is -2.43. The first-order valence-corrected chi connectivity index (χ1v) is 21.3. The van der Waals surface area contributed by atoms with Crippen LogP contribution in [0.25, 0.3) is 11.1 Å². The number of aliphatic hydroxyl groups is 1. The Morgan fingerprint density at radius 2 is 1.38 bits per heavy atom. The maximum atomic E-state index is 12.9. The molecule has 0 fully saturated rings. The molecule has 0 unspecified atom stereocenters. The summed E-state index contributed by atoms with van der Waals surface area (Å²) in [7, 11) is -8.59. The fraction of sp³-hybridized carbons (Fsp3) is 0.262. The Bertz CT molecular complexity index is 2280. The number of β-amino-alcohol motifs (C(OH)–C–C–N with tert-alkyl or cyclic N) is 1. The van der Waals surface area contributed by atoms with Crippen LogP contribution in [0.4, 0.5) is 5.69 Å². The Kier molecular flexibility index (Phi) is 13.0. The number of phenols is 1. The minimum Gasteiger partial charge on any atom is -0.508 e. The number of sulfonamides is 2. The number of anilines is 1. The number of rotatable bonds is 17. The number of hydrogen-bond donors (Lipinski definition) is 4. The molecule has 5 rings (SSSR count). The van der Waals surface area contributed by atoms with E-state index in [2.05, 4.69) is 10.6 Å². The van der Waals surface area contributed by atoms with E-state index in [-0.39, 0.29) is 42.7 Å². The van der Waals surface area contributed by atoms with Crippen molar-refractivity contribution >= 4 is 31.6 Å². The molecular weight excluding hydrogens is 739 g/mol. The molecule has 0 heterocycles. The molecule has 5 aromatic rings. The molecule has 0 spiro atoms. The van der Waals surface area contributed by atoms with E-state index in [4.69, 9.17) is 4.74 Å². The zero-order valence-electron chi connectivity index (χ0n) is 31.3. The Morgan fingerprint density at radius 1 is 0.745 bits per heavy atom. The van der Waals surface area contributed by atoms with Gasteiger partial charge in [0.15, 0.2) is 0 Å². The zero-order valence-corrected chi connectivity index (χ0v) is 32.9. The van der Waals surface area contributed by atoms with Crippen molar-refractivity contribution < 1.29 is 36.6 Å². The Labute approximate surface area is 323 Å². The number of aliphatic hydroxyl groups excluding tert-OH is 1. The van der Waals surface area contributed by atoms with E-state index in [0.29, 0.717) is 22.2 Å². The number of ether oxygens (including phenoxy) is 1. The normalized spacial score (nSPS) is 12.5. The van der Waals surface area contributed by atoms with Gasteiger partial charge in [0.25, 0.3) is 0 Å². The van der Waals surface area contributed by atoms with Crippen LogP contribution < -0.4 is 19.1 Å². The van der Waals surface area contributed by atoms with Crippen molar-refractivity contribution in [3.63, 3.8) is 0 Å². The number of carbonyl (C=O) groups is 1. The molecule has 1 atom stereocenters. The van der Waals surface area contributed by atoms with Crippen molar-refractivity contribution in [2.24, 2.45) is 0 Å². The van der Waals surface area contributed by atoms with Gasteiger partial charge in [-0.05, 0) is 89.5 Å². The summed E-state index contributed by atoms with van der Waals surface area (Å²) in [5, 5.41) is 27.2. The molecule has 0 saturated heterocycles. The minimum atomic E-state index is -4.30. The molecule has 0 saturated carbocycles. The number of nitrogens with one attached hydrogen (secondary N) is 2. The average Bonchev–Trinajstić information content (AvgIpc) is 3.12. The Hall–Kier alpha value is -5.21. The molecular formula is C42H47N3O8S2. The summed E-state index contributed by atoms with van der Waals surface area (Å²) < 4.78 is 57.2. The fourth-order valence-electron chi connectivity index (χ4n) is 6.22. The van der Waals surface area contributed by atoms with E-state index in [9.17, 15) is 31.8 Å². The molecule has 290 valence electrons. The van der Waals surface area contributed by atoms with E-state index in [1.165, 1.54) is 12.1 Å². The van der Waals surface area contributed by atoms with E-state index in [0.717, 1.165) is 45.9 Å². The smallest absolute Gasteiger partial charge is 0.245 e. The third kappa shape index (κ3) is 11.9. The number of nitrogens with zero attached hydrogens (tertiary/aromatic N) is 1. The maximum Gasteiger partial charge on any atom is 0.245 e. The lowest BCUT2D eigenvalue weighted by molar-refractivity contribution is -0.120. The van der Waals surface area contributed by atoms with Crippen LogP contribution in [-0.2, 0) is 50.8 Å². The number of phenolic OH excluding ortho intramolecular Hbond substituents is 1. The van der Waals surface area contributed by atoms with Gasteiger partial charge in [0, 0.05) is 18.6 Å². The van der Waals surface area contributed by atoms with Crippen LogP contribution in [-0.4, -0.2) is 57.6 Å². The molecule has 55 heavy (non-hydrogen) atoms. The van der Waals surface area contributed by atoms with Gasteiger partial charge in [-0.3, -0.25) is 4.79 Å². The molecule has 0 aliphatic heterocycles. The second kappa shape index (κ2) is 17.5. The molecule has 1 amide bonds. The summed E-state index contributed by atoms with van der Waals surface area (Å²) >= 11 is 0. The highest BCUT2D eigenvalue weighted by atomic mass is 32.3. The van der Waals surface area contributed by atoms with Gasteiger partial charge < -0.3 is 25.6 Å². The summed E-state index contributed by atoms with van der Waals surface area (Å²) in [6, 6.07) is 36.1. The van der Waals surface area contributed by atoms with E-state index < -0.39 is 31.7 Å². The van der Waals surface area contributed by atoms with E-state index >= 15 is 0 Å². The van der Waals surface area contributed by atoms with E-state index in [1.807, 2.05) is 105 Å². The van der Waals surface area contributed by atoms with Crippen molar-refractivity contribution in [3.05, 3.63) is 149 Å². The molecule has 0 radical (unpaired) electrons.